The zero-order valence-electron chi connectivity index (χ0n) is 20.2. The average molecular weight is 543 g/mol. The number of carboxylic acids is 1. The Morgan fingerprint density at radius 1 is 1.18 bits per heavy atom. The SMILES string of the molecule is O=C(O)c1cccc2c1OB(O)[C@@H](NC(=O)C(NC(=O)N1CCN(CCF)C(=O)C1=O)c1ccc(O)cn1)C2. The van der Waals surface area contributed by atoms with E-state index in [1.807, 2.05) is 0 Å². The highest BCUT2D eigenvalue weighted by Crippen LogP contribution is 2.30. The lowest BCUT2D eigenvalue weighted by molar-refractivity contribution is -0.153. The van der Waals surface area contributed by atoms with Gasteiger partial charge in [0.15, 0.2) is 6.04 Å². The summed E-state index contributed by atoms with van der Waals surface area (Å²) in [5.74, 6) is -5.76. The van der Waals surface area contributed by atoms with E-state index in [4.69, 9.17) is 4.65 Å². The molecule has 1 fully saturated rings. The van der Waals surface area contributed by atoms with Gasteiger partial charge in [0.1, 0.15) is 18.2 Å². The molecule has 1 aromatic carbocycles. The third-order valence-corrected chi connectivity index (χ3v) is 6.18. The molecule has 1 unspecified atom stereocenters. The molecule has 2 aliphatic rings. The lowest BCUT2D eigenvalue weighted by atomic mass is 9.72. The van der Waals surface area contributed by atoms with E-state index in [0.717, 1.165) is 11.1 Å². The molecule has 2 aliphatic heterocycles. The third kappa shape index (κ3) is 5.74. The molecule has 0 bridgehead atoms. The molecule has 0 spiro atoms. The summed E-state index contributed by atoms with van der Waals surface area (Å²) >= 11 is 0. The van der Waals surface area contributed by atoms with Crippen molar-refractivity contribution in [1.29, 1.82) is 0 Å². The van der Waals surface area contributed by atoms with Crippen molar-refractivity contribution in [3.63, 3.8) is 0 Å². The van der Waals surface area contributed by atoms with Gasteiger partial charge < -0.3 is 35.4 Å². The van der Waals surface area contributed by atoms with Crippen LogP contribution in [0.2, 0.25) is 0 Å². The van der Waals surface area contributed by atoms with Crippen LogP contribution >= 0.6 is 0 Å². The number of alkyl halides is 1. The maximum Gasteiger partial charge on any atom is 0.547 e. The van der Waals surface area contributed by atoms with Crippen LogP contribution in [-0.4, -0.2) is 99.1 Å². The number of carbonyl (C=O) groups is 5. The van der Waals surface area contributed by atoms with Crippen molar-refractivity contribution < 1.29 is 48.3 Å². The lowest BCUT2D eigenvalue weighted by Crippen LogP contribution is -2.60. The zero-order valence-corrected chi connectivity index (χ0v) is 20.2. The van der Waals surface area contributed by atoms with Crippen molar-refractivity contribution in [3.05, 3.63) is 53.3 Å². The smallest absolute Gasteiger partial charge is 0.534 e. The molecule has 39 heavy (non-hydrogen) atoms. The van der Waals surface area contributed by atoms with E-state index in [9.17, 15) is 43.6 Å². The van der Waals surface area contributed by atoms with Crippen molar-refractivity contribution in [3.8, 4) is 11.5 Å². The van der Waals surface area contributed by atoms with Crippen LogP contribution in [0.5, 0.6) is 11.5 Å². The number of aromatic hydroxyl groups is 1. The summed E-state index contributed by atoms with van der Waals surface area (Å²) in [6.07, 6.45) is 1.00. The van der Waals surface area contributed by atoms with Gasteiger partial charge >= 0.3 is 30.9 Å². The van der Waals surface area contributed by atoms with Crippen LogP contribution < -0.4 is 15.3 Å². The van der Waals surface area contributed by atoms with Crippen molar-refractivity contribution in [2.45, 2.75) is 18.4 Å². The van der Waals surface area contributed by atoms with Crippen LogP contribution in [0.4, 0.5) is 9.18 Å². The first-order chi connectivity index (χ1) is 18.6. The monoisotopic (exact) mass is 543 g/mol. The van der Waals surface area contributed by atoms with Crippen LogP contribution in [0.3, 0.4) is 0 Å². The maximum absolute atomic E-state index is 13.3. The number of aromatic nitrogens is 1. The standard InChI is InChI=1S/C23H23BFN5O9/c25-6-7-29-8-9-30(21(34)20(29)33)23(37)28-17(15-5-4-13(31)11-26-15)19(32)27-16-10-12-2-1-3-14(22(35)36)18(12)39-24(16)38/h1-5,11,16-17,31,38H,6-10H2,(H,27,32)(H,28,37)(H,35,36)/t16-,17?/m0/s1. The topological polar surface area (TPSA) is 199 Å². The Hall–Kier alpha value is -4.73. The summed E-state index contributed by atoms with van der Waals surface area (Å²) < 4.78 is 18.0. The highest BCUT2D eigenvalue weighted by Gasteiger charge is 2.41. The number of aromatic carboxylic acids is 1. The Balaban J connectivity index is 1.53. The van der Waals surface area contributed by atoms with E-state index in [1.54, 1.807) is 6.07 Å². The number of halogens is 1. The molecule has 5 amide bonds. The maximum atomic E-state index is 13.3. The minimum absolute atomic E-state index is 0.0173. The number of pyridine rings is 1. The lowest BCUT2D eigenvalue weighted by Gasteiger charge is -2.33. The molecule has 1 saturated heterocycles. The number of para-hydroxylation sites is 1. The molecule has 2 atom stereocenters. The quantitative estimate of drug-likeness (QED) is 0.214. The highest BCUT2D eigenvalue weighted by atomic mass is 19.1. The zero-order chi connectivity index (χ0) is 28.3. The molecular weight excluding hydrogens is 520 g/mol. The number of imide groups is 1. The van der Waals surface area contributed by atoms with E-state index < -0.39 is 55.5 Å². The molecule has 0 saturated carbocycles. The fraction of sp³-hybridized carbons (Fsp3) is 0.304. The normalized spacial score (nSPS) is 17.7. The Labute approximate surface area is 220 Å². The fourth-order valence-corrected chi connectivity index (χ4v) is 4.21. The van der Waals surface area contributed by atoms with Gasteiger partial charge in [-0.2, -0.15) is 0 Å². The summed E-state index contributed by atoms with van der Waals surface area (Å²) in [5, 5.41) is 34.3. The number of hydrogen-bond acceptors (Lipinski definition) is 9. The first kappa shape index (κ1) is 27.3. The van der Waals surface area contributed by atoms with Crippen molar-refractivity contribution >= 4 is 36.8 Å². The summed E-state index contributed by atoms with van der Waals surface area (Å²) in [7, 11) is -1.64. The van der Waals surface area contributed by atoms with E-state index >= 15 is 0 Å². The van der Waals surface area contributed by atoms with Crippen LogP contribution in [0.15, 0.2) is 36.5 Å². The first-order valence-corrected chi connectivity index (χ1v) is 11.7. The summed E-state index contributed by atoms with van der Waals surface area (Å²) in [6.45, 7) is -1.50. The molecule has 204 valence electrons. The number of urea groups is 1. The van der Waals surface area contributed by atoms with Gasteiger partial charge in [-0.05, 0) is 30.2 Å². The van der Waals surface area contributed by atoms with Gasteiger partial charge in [-0.25, -0.2) is 14.0 Å². The van der Waals surface area contributed by atoms with Gasteiger partial charge in [0.25, 0.3) is 0 Å². The number of amides is 5. The molecule has 4 rings (SSSR count). The number of rotatable bonds is 7. The van der Waals surface area contributed by atoms with Crippen LogP contribution in [0.1, 0.15) is 27.7 Å². The molecule has 1 aromatic heterocycles. The van der Waals surface area contributed by atoms with Crippen LogP contribution in [0.25, 0.3) is 0 Å². The van der Waals surface area contributed by atoms with E-state index in [0.29, 0.717) is 10.5 Å². The number of carboxylic acid groups (broad SMARTS) is 1. The Morgan fingerprint density at radius 2 is 1.95 bits per heavy atom. The second-order valence-electron chi connectivity index (χ2n) is 8.69. The summed E-state index contributed by atoms with van der Waals surface area (Å²) in [5.41, 5.74) is 0.193. The Morgan fingerprint density at radius 3 is 2.62 bits per heavy atom. The number of fused-ring (bicyclic) bond motifs is 1. The number of nitrogens with one attached hydrogen (secondary N) is 2. The van der Waals surface area contributed by atoms with Gasteiger partial charge in [0.05, 0.1) is 23.4 Å². The number of benzene rings is 1. The molecule has 0 aliphatic carbocycles. The minimum atomic E-state index is -1.64. The number of nitrogens with zero attached hydrogens (tertiary/aromatic N) is 3. The van der Waals surface area contributed by atoms with Gasteiger partial charge in [0, 0.05) is 19.6 Å². The van der Waals surface area contributed by atoms with E-state index in [1.165, 1.54) is 24.3 Å². The van der Waals surface area contributed by atoms with Crippen molar-refractivity contribution in [2.75, 3.05) is 26.3 Å². The van der Waals surface area contributed by atoms with Gasteiger partial charge in [-0.3, -0.25) is 24.3 Å². The van der Waals surface area contributed by atoms with Crippen molar-refractivity contribution in [2.24, 2.45) is 0 Å². The molecule has 14 nitrogen and oxygen atoms in total. The van der Waals surface area contributed by atoms with Crippen molar-refractivity contribution in [1.82, 2.24) is 25.4 Å². The second-order valence-corrected chi connectivity index (χ2v) is 8.69. The largest absolute Gasteiger partial charge is 0.547 e. The van der Waals surface area contributed by atoms with Gasteiger partial charge in [0.2, 0.25) is 5.91 Å². The summed E-state index contributed by atoms with van der Waals surface area (Å²) in [4.78, 5) is 67.9. The Bertz CT molecular complexity index is 1310. The Kier molecular flexibility index (Phi) is 7.95. The van der Waals surface area contributed by atoms with Crippen LogP contribution in [0, 0.1) is 0 Å². The predicted octanol–water partition coefficient (Wildman–Crippen LogP) is -0.984. The van der Waals surface area contributed by atoms with Crippen LogP contribution in [-0.2, 0) is 20.8 Å². The fourth-order valence-electron chi connectivity index (χ4n) is 4.21. The molecule has 5 N–H and O–H groups in total. The number of piperazine rings is 1. The third-order valence-electron chi connectivity index (χ3n) is 6.18. The van der Waals surface area contributed by atoms with Gasteiger partial charge in [-0.15, -0.1) is 0 Å². The number of hydrogen-bond donors (Lipinski definition) is 5. The highest BCUT2D eigenvalue weighted by molar-refractivity contribution is 6.47. The van der Waals surface area contributed by atoms with Gasteiger partial charge in [-0.1, -0.05) is 12.1 Å². The van der Waals surface area contributed by atoms with E-state index in [2.05, 4.69) is 15.6 Å². The van der Waals surface area contributed by atoms with E-state index in [-0.39, 0.29) is 48.8 Å². The first-order valence-electron chi connectivity index (χ1n) is 11.7. The minimum Gasteiger partial charge on any atom is -0.534 e. The summed E-state index contributed by atoms with van der Waals surface area (Å²) in [6, 6.07) is 4.16. The average Bonchev–Trinajstić information content (AvgIpc) is 2.90. The number of carbonyl (C=O) groups excluding carboxylic acids is 4. The molecule has 2 aromatic rings. The molecule has 3 heterocycles. The molecular formula is C23H23BFN5O9. The molecule has 0 radical (unpaired) electrons. The molecule has 16 heteroatoms. The predicted molar refractivity (Wildman–Crippen MR) is 129 cm³/mol. The second kappa shape index (κ2) is 11.3.